The Labute approximate surface area is 94.5 Å². The summed E-state index contributed by atoms with van der Waals surface area (Å²) in [5.41, 5.74) is 7.19. The smallest absolute Gasteiger partial charge is 0.0998 e. The number of nitrogens with one attached hydrogen (secondary N) is 1. The first-order chi connectivity index (χ1) is 7.86. The van der Waals surface area contributed by atoms with E-state index in [0.717, 1.165) is 23.0 Å². The van der Waals surface area contributed by atoms with Crippen LogP contribution in [-0.2, 0) is 0 Å². The van der Waals surface area contributed by atoms with E-state index in [2.05, 4.69) is 11.4 Å². The second-order valence-electron chi connectivity index (χ2n) is 3.53. The van der Waals surface area contributed by atoms with Crippen LogP contribution in [0.25, 0.3) is 10.8 Å². The van der Waals surface area contributed by atoms with Crippen molar-refractivity contribution in [1.29, 1.82) is 5.26 Å². The second kappa shape index (κ2) is 4.65. The van der Waals surface area contributed by atoms with Crippen LogP contribution in [0.5, 0.6) is 0 Å². The van der Waals surface area contributed by atoms with Gasteiger partial charge in [-0.1, -0.05) is 24.3 Å². The highest BCUT2D eigenvalue weighted by atomic mass is 14.9. The fraction of sp³-hybridized carbons (Fsp3) is 0.154. The van der Waals surface area contributed by atoms with Crippen molar-refractivity contribution in [3.8, 4) is 6.07 Å². The molecule has 3 heteroatoms. The lowest BCUT2D eigenvalue weighted by atomic mass is 10.0. The molecule has 16 heavy (non-hydrogen) atoms. The average molecular weight is 211 g/mol. The van der Waals surface area contributed by atoms with Gasteiger partial charge in [-0.25, -0.2) is 0 Å². The summed E-state index contributed by atoms with van der Waals surface area (Å²) in [6.07, 6.45) is 0. The molecule has 0 fully saturated rings. The highest BCUT2D eigenvalue weighted by molar-refractivity contribution is 5.97. The summed E-state index contributed by atoms with van der Waals surface area (Å²) in [5, 5.41) is 14.3. The van der Waals surface area contributed by atoms with Crippen LogP contribution in [0.15, 0.2) is 36.4 Å². The zero-order valence-corrected chi connectivity index (χ0v) is 8.90. The molecule has 0 saturated carbocycles. The molecule has 0 atom stereocenters. The average Bonchev–Trinajstić information content (AvgIpc) is 2.36. The van der Waals surface area contributed by atoms with Crippen LogP contribution in [0.4, 0.5) is 5.69 Å². The van der Waals surface area contributed by atoms with E-state index in [4.69, 9.17) is 11.0 Å². The summed E-state index contributed by atoms with van der Waals surface area (Å²) in [6.45, 7) is 1.32. The third-order valence-electron chi connectivity index (χ3n) is 2.50. The van der Waals surface area contributed by atoms with Crippen molar-refractivity contribution in [2.24, 2.45) is 5.73 Å². The molecule has 0 radical (unpaired) electrons. The van der Waals surface area contributed by atoms with Gasteiger partial charge in [0.25, 0.3) is 0 Å². The summed E-state index contributed by atoms with van der Waals surface area (Å²) >= 11 is 0. The van der Waals surface area contributed by atoms with Gasteiger partial charge in [-0.15, -0.1) is 0 Å². The molecule has 80 valence electrons. The molecule has 0 saturated heterocycles. The van der Waals surface area contributed by atoms with Crippen molar-refractivity contribution in [3.63, 3.8) is 0 Å². The number of nitriles is 1. The van der Waals surface area contributed by atoms with Gasteiger partial charge in [0.1, 0.15) is 0 Å². The molecular weight excluding hydrogens is 198 g/mol. The number of nitrogens with zero attached hydrogens (tertiary/aromatic N) is 1. The third-order valence-corrected chi connectivity index (χ3v) is 2.50. The molecule has 2 aromatic rings. The Morgan fingerprint density at radius 2 is 1.88 bits per heavy atom. The molecule has 3 nitrogen and oxygen atoms in total. The minimum Gasteiger partial charge on any atom is -0.383 e. The molecular formula is C13H13N3. The molecule has 0 aliphatic rings. The van der Waals surface area contributed by atoms with Crippen LogP contribution in [0.2, 0.25) is 0 Å². The Balaban J connectivity index is 2.57. The Kier molecular flexibility index (Phi) is 3.04. The Morgan fingerprint density at radius 3 is 2.56 bits per heavy atom. The molecule has 0 unspecified atom stereocenters. The maximum Gasteiger partial charge on any atom is 0.0998 e. The van der Waals surface area contributed by atoms with Crippen LogP contribution in [0.3, 0.4) is 0 Å². The first-order valence-electron chi connectivity index (χ1n) is 5.22. The number of rotatable bonds is 3. The van der Waals surface area contributed by atoms with E-state index in [1.165, 1.54) is 0 Å². The number of hydrogen-bond donors (Lipinski definition) is 2. The van der Waals surface area contributed by atoms with Crippen molar-refractivity contribution in [2.75, 3.05) is 18.4 Å². The van der Waals surface area contributed by atoms with E-state index in [-0.39, 0.29) is 0 Å². The predicted octanol–water partition coefficient (Wildman–Crippen LogP) is 2.08. The van der Waals surface area contributed by atoms with Crippen LogP contribution >= 0.6 is 0 Å². The van der Waals surface area contributed by atoms with E-state index in [1.54, 1.807) is 0 Å². The normalized spacial score (nSPS) is 10.0. The zero-order chi connectivity index (χ0) is 11.4. The summed E-state index contributed by atoms with van der Waals surface area (Å²) in [5.74, 6) is 0. The van der Waals surface area contributed by atoms with E-state index < -0.39 is 0 Å². The van der Waals surface area contributed by atoms with Gasteiger partial charge in [0, 0.05) is 29.5 Å². The van der Waals surface area contributed by atoms with Gasteiger partial charge in [0.2, 0.25) is 0 Å². The molecule has 2 rings (SSSR count). The number of fused-ring (bicyclic) bond motifs is 1. The Morgan fingerprint density at radius 1 is 1.12 bits per heavy atom. The molecule has 0 heterocycles. The van der Waals surface area contributed by atoms with Crippen LogP contribution in [0, 0.1) is 11.3 Å². The van der Waals surface area contributed by atoms with Gasteiger partial charge in [-0.3, -0.25) is 0 Å². The largest absolute Gasteiger partial charge is 0.383 e. The molecule has 0 aliphatic carbocycles. The van der Waals surface area contributed by atoms with Crippen molar-refractivity contribution in [2.45, 2.75) is 0 Å². The topological polar surface area (TPSA) is 61.8 Å². The predicted molar refractivity (Wildman–Crippen MR) is 66.2 cm³/mol. The third kappa shape index (κ3) is 1.83. The molecule has 2 aromatic carbocycles. The van der Waals surface area contributed by atoms with Gasteiger partial charge < -0.3 is 11.1 Å². The lowest BCUT2D eigenvalue weighted by Crippen LogP contribution is -2.13. The van der Waals surface area contributed by atoms with Gasteiger partial charge in [-0.05, 0) is 12.1 Å². The summed E-state index contributed by atoms with van der Waals surface area (Å²) in [4.78, 5) is 0. The number of hydrogen-bond acceptors (Lipinski definition) is 3. The first-order valence-corrected chi connectivity index (χ1v) is 5.22. The molecule has 0 aromatic heterocycles. The standard InChI is InChI=1S/C13H13N3/c14-7-8-16-13-6-5-10(9-15)11-3-1-2-4-12(11)13/h1-6,16H,7-8,14H2. The fourth-order valence-electron chi connectivity index (χ4n) is 1.76. The Hall–Kier alpha value is -2.05. The maximum atomic E-state index is 9.01. The van der Waals surface area contributed by atoms with Crippen molar-refractivity contribution in [1.82, 2.24) is 0 Å². The van der Waals surface area contributed by atoms with Crippen molar-refractivity contribution in [3.05, 3.63) is 42.0 Å². The van der Waals surface area contributed by atoms with E-state index in [0.29, 0.717) is 12.1 Å². The fourth-order valence-corrected chi connectivity index (χ4v) is 1.76. The lowest BCUT2D eigenvalue weighted by Gasteiger charge is -2.09. The molecule has 0 aliphatic heterocycles. The number of nitrogens with two attached hydrogens (primary N) is 1. The molecule has 3 N–H and O–H groups in total. The highest BCUT2D eigenvalue weighted by Gasteiger charge is 2.03. The minimum atomic E-state index is 0.592. The monoisotopic (exact) mass is 211 g/mol. The number of anilines is 1. The lowest BCUT2D eigenvalue weighted by molar-refractivity contribution is 1.03. The Bertz CT molecular complexity index is 540. The van der Waals surface area contributed by atoms with Crippen LogP contribution in [-0.4, -0.2) is 13.1 Å². The van der Waals surface area contributed by atoms with Crippen LogP contribution in [0.1, 0.15) is 5.56 Å². The van der Waals surface area contributed by atoms with E-state index in [9.17, 15) is 0 Å². The van der Waals surface area contributed by atoms with Crippen molar-refractivity contribution < 1.29 is 0 Å². The second-order valence-corrected chi connectivity index (χ2v) is 3.53. The van der Waals surface area contributed by atoms with Crippen LogP contribution < -0.4 is 11.1 Å². The maximum absolute atomic E-state index is 9.01. The van der Waals surface area contributed by atoms with Gasteiger partial charge in [-0.2, -0.15) is 5.26 Å². The minimum absolute atomic E-state index is 0.592. The van der Waals surface area contributed by atoms with Gasteiger partial charge >= 0.3 is 0 Å². The first kappa shape index (κ1) is 10.5. The molecule has 0 amide bonds. The van der Waals surface area contributed by atoms with Gasteiger partial charge in [0.15, 0.2) is 0 Å². The van der Waals surface area contributed by atoms with E-state index >= 15 is 0 Å². The van der Waals surface area contributed by atoms with E-state index in [1.807, 2.05) is 36.4 Å². The quantitative estimate of drug-likeness (QED) is 0.817. The number of benzene rings is 2. The summed E-state index contributed by atoms with van der Waals surface area (Å²) in [7, 11) is 0. The molecule has 0 spiro atoms. The van der Waals surface area contributed by atoms with Gasteiger partial charge in [0.05, 0.1) is 11.6 Å². The van der Waals surface area contributed by atoms with Crippen molar-refractivity contribution >= 4 is 16.5 Å². The zero-order valence-electron chi connectivity index (χ0n) is 8.90. The SMILES string of the molecule is N#Cc1ccc(NCCN)c2ccccc12. The molecule has 0 bridgehead atoms. The highest BCUT2D eigenvalue weighted by Crippen LogP contribution is 2.25. The summed E-state index contributed by atoms with van der Waals surface area (Å²) in [6, 6.07) is 13.8. The summed E-state index contributed by atoms with van der Waals surface area (Å²) < 4.78 is 0.